The number of benzene rings is 1. The van der Waals surface area contributed by atoms with Crippen LogP contribution in [0.15, 0.2) is 30.3 Å². The highest BCUT2D eigenvalue weighted by Gasteiger charge is 2.55. The maximum absolute atomic E-state index is 12.9. The highest BCUT2D eigenvalue weighted by molar-refractivity contribution is 5.76. The second-order valence-corrected chi connectivity index (χ2v) is 9.45. The van der Waals surface area contributed by atoms with Crippen LogP contribution in [-0.2, 0) is 10.2 Å². The van der Waals surface area contributed by atoms with Crippen LogP contribution >= 0.6 is 0 Å². The van der Waals surface area contributed by atoms with Gasteiger partial charge in [0, 0.05) is 63.1 Å². The van der Waals surface area contributed by atoms with Gasteiger partial charge < -0.3 is 20.0 Å². The van der Waals surface area contributed by atoms with Gasteiger partial charge in [-0.3, -0.25) is 4.79 Å². The van der Waals surface area contributed by atoms with Gasteiger partial charge >= 0.3 is 0 Å². The lowest BCUT2D eigenvalue weighted by molar-refractivity contribution is -0.124. The predicted octanol–water partition coefficient (Wildman–Crippen LogP) is 1.55. The van der Waals surface area contributed by atoms with Crippen molar-refractivity contribution in [1.29, 1.82) is 0 Å². The zero-order chi connectivity index (χ0) is 19.0. The van der Waals surface area contributed by atoms with Gasteiger partial charge in [0.05, 0.1) is 0 Å². The minimum atomic E-state index is 0.0313. The molecule has 1 aromatic carbocycles. The molecule has 152 valence electrons. The van der Waals surface area contributed by atoms with E-state index in [1.807, 2.05) is 0 Å². The number of carbonyl (C=O) groups excluding carboxylic acids is 1. The summed E-state index contributed by atoms with van der Waals surface area (Å²) in [5, 5.41) is 3.54. The molecular weight excluding hydrogens is 348 g/mol. The van der Waals surface area contributed by atoms with Gasteiger partial charge in [-0.05, 0) is 44.5 Å². The number of nitrogens with one attached hydrogen (secondary N) is 1. The third-order valence-corrected chi connectivity index (χ3v) is 7.54. The van der Waals surface area contributed by atoms with Crippen molar-refractivity contribution in [2.24, 2.45) is 5.92 Å². The summed E-state index contributed by atoms with van der Waals surface area (Å²) in [6.45, 7) is 10.2. The maximum Gasteiger partial charge on any atom is 0.220 e. The van der Waals surface area contributed by atoms with Gasteiger partial charge in [0.25, 0.3) is 0 Å². The molecule has 0 aromatic heterocycles. The Morgan fingerprint density at radius 3 is 2.36 bits per heavy atom. The summed E-state index contributed by atoms with van der Waals surface area (Å²) in [6.07, 6.45) is 4.29. The fourth-order valence-corrected chi connectivity index (χ4v) is 6.28. The zero-order valence-corrected chi connectivity index (χ0v) is 17.0. The summed E-state index contributed by atoms with van der Waals surface area (Å²) >= 11 is 0. The summed E-state index contributed by atoms with van der Waals surface area (Å²) in [6, 6.07) is 11.2. The Balaban J connectivity index is 1.31. The number of hydrogen-bond acceptors (Lipinski definition) is 4. The van der Waals surface area contributed by atoms with Gasteiger partial charge in [-0.2, -0.15) is 0 Å². The minimum Gasteiger partial charge on any atom is -0.352 e. The second-order valence-electron chi connectivity index (χ2n) is 9.45. The molecule has 0 radical (unpaired) electrons. The highest BCUT2D eigenvalue weighted by atomic mass is 16.1. The maximum atomic E-state index is 12.9. The van der Waals surface area contributed by atoms with Gasteiger partial charge in [-0.25, -0.2) is 0 Å². The first-order valence-electron chi connectivity index (χ1n) is 11.2. The number of likely N-dealkylation sites (tertiary alicyclic amines) is 1. The van der Waals surface area contributed by atoms with Crippen molar-refractivity contribution in [2.45, 2.75) is 37.1 Å². The van der Waals surface area contributed by atoms with Crippen LogP contribution in [0.4, 0.5) is 0 Å². The lowest BCUT2D eigenvalue weighted by atomic mass is 9.64. The van der Waals surface area contributed by atoms with Crippen LogP contribution in [0.5, 0.6) is 0 Å². The van der Waals surface area contributed by atoms with Crippen molar-refractivity contribution in [3.63, 3.8) is 0 Å². The summed E-state index contributed by atoms with van der Waals surface area (Å²) in [5.41, 5.74) is 1.43. The van der Waals surface area contributed by atoms with Crippen molar-refractivity contribution in [1.82, 2.24) is 20.0 Å². The van der Waals surface area contributed by atoms with Crippen LogP contribution in [0, 0.1) is 5.92 Å². The fraction of sp³-hybridized carbons (Fsp3) is 0.696. The Bertz CT molecular complexity index is 671. The first-order valence-corrected chi connectivity index (χ1v) is 11.2. The number of piperidine rings is 2. The van der Waals surface area contributed by atoms with Crippen LogP contribution in [0.2, 0.25) is 0 Å². The van der Waals surface area contributed by atoms with Gasteiger partial charge in [0.1, 0.15) is 0 Å². The molecule has 5 aliphatic heterocycles. The Morgan fingerprint density at radius 1 is 1.00 bits per heavy atom. The lowest BCUT2D eigenvalue weighted by Crippen LogP contribution is -2.70. The summed E-state index contributed by atoms with van der Waals surface area (Å²) < 4.78 is 0. The van der Waals surface area contributed by atoms with Gasteiger partial charge in [-0.15, -0.1) is 0 Å². The van der Waals surface area contributed by atoms with E-state index < -0.39 is 0 Å². The van der Waals surface area contributed by atoms with E-state index in [1.165, 1.54) is 44.6 Å². The number of nitrogens with zero attached hydrogens (tertiary/aromatic N) is 3. The van der Waals surface area contributed by atoms with Crippen molar-refractivity contribution in [2.75, 3.05) is 58.9 Å². The molecule has 1 aromatic rings. The molecule has 5 fully saturated rings. The largest absolute Gasteiger partial charge is 0.352 e. The van der Waals surface area contributed by atoms with Crippen molar-refractivity contribution in [3.05, 3.63) is 35.9 Å². The number of carbonyl (C=O) groups is 1. The fourth-order valence-electron chi connectivity index (χ4n) is 6.28. The zero-order valence-electron chi connectivity index (χ0n) is 17.0. The summed E-state index contributed by atoms with van der Waals surface area (Å²) in [4.78, 5) is 20.7. The number of amides is 1. The van der Waals surface area contributed by atoms with Crippen molar-refractivity contribution >= 4 is 5.91 Å². The number of fused-ring (bicyclic) bond motifs is 1. The topological polar surface area (TPSA) is 38.8 Å². The highest BCUT2D eigenvalue weighted by Crippen LogP contribution is 2.43. The molecule has 5 aliphatic rings. The van der Waals surface area contributed by atoms with Crippen LogP contribution in [0.25, 0.3) is 0 Å². The molecule has 1 amide bonds. The first-order chi connectivity index (χ1) is 13.7. The number of rotatable bonds is 6. The van der Waals surface area contributed by atoms with Crippen LogP contribution < -0.4 is 5.32 Å². The van der Waals surface area contributed by atoms with Crippen LogP contribution in [-0.4, -0.2) is 85.6 Å². The molecule has 5 heteroatoms. The Labute approximate surface area is 169 Å². The standard InChI is InChI=1S/C23H34N4O/c28-21(9-6-12-25-10-4-5-11-25)24-22-19-15-26-13-14-27(16-19)18-23(22,17-26)20-7-2-1-3-8-20/h1-3,7-8,19,22H,4-6,9-18H2,(H,24,28)/t19?,22-,23?/m1/s1. The van der Waals surface area contributed by atoms with Gasteiger partial charge in [0.2, 0.25) is 5.91 Å². The molecule has 5 nitrogen and oxygen atoms in total. The molecule has 5 saturated heterocycles. The lowest BCUT2D eigenvalue weighted by Gasteiger charge is -2.55. The van der Waals surface area contributed by atoms with Crippen LogP contribution in [0.1, 0.15) is 31.2 Å². The average Bonchev–Trinajstić information content (AvgIpc) is 3.09. The Hall–Kier alpha value is -1.43. The summed E-state index contributed by atoms with van der Waals surface area (Å²) in [7, 11) is 0. The minimum absolute atomic E-state index is 0.0313. The second kappa shape index (κ2) is 7.77. The molecule has 0 aliphatic carbocycles. The quantitative estimate of drug-likeness (QED) is 0.810. The van der Waals surface area contributed by atoms with E-state index in [4.69, 9.17) is 0 Å². The van der Waals surface area contributed by atoms with Crippen molar-refractivity contribution < 1.29 is 4.79 Å². The molecule has 28 heavy (non-hydrogen) atoms. The molecule has 5 heterocycles. The smallest absolute Gasteiger partial charge is 0.220 e. The van der Waals surface area contributed by atoms with Crippen molar-refractivity contribution in [3.8, 4) is 0 Å². The van der Waals surface area contributed by atoms with E-state index >= 15 is 0 Å². The van der Waals surface area contributed by atoms with E-state index in [2.05, 4.69) is 50.3 Å². The summed E-state index contributed by atoms with van der Waals surface area (Å²) in [5.74, 6) is 0.795. The van der Waals surface area contributed by atoms with Gasteiger partial charge in [0.15, 0.2) is 0 Å². The van der Waals surface area contributed by atoms with Gasteiger partial charge in [-0.1, -0.05) is 30.3 Å². The predicted molar refractivity (Wildman–Crippen MR) is 111 cm³/mol. The third-order valence-electron chi connectivity index (χ3n) is 7.54. The third kappa shape index (κ3) is 3.49. The molecule has 2 unspecified atom stereocenters. The molecule has 6 rings (SSSR count). The van der Waals surface area contributed by atoms with E-state index in [1.54, 1.807) is 0 Å². The Kier molecular flexibility index (Phi) is 5.16. The average molecular weight is 383 g/mol. The molecule has 1 N–H and O–H groups in total. The van der Waals surface area contributed by atoms with E-state index in [0.717, 1.165) is 39.1 Å². The first kappa shape index (κ1) is 18.6. The SMILES string of the molecule is O=C(CCCN1CCCC1)N[C@@H]1C2CN3CCN(C2)CC1(c1ccccc1)C3. The van der Waals surface area contributed by atoms with Crippen LogP contribution in [0.3, 0.4) is 0 Å². The van der Waals surface area contributed by atoms with E-state index in [-0.39, 0.29) is 17.4 Å². The molecule has 4 bridgehead atoms. The van der Waals surface area contributed by atoms with E-state index in [9.17, 15) is 4.79 Å². The monoisotopic (exact) mass is 382 g/mol. The number of hydrogen-bond donors (Lipinski definition) is 1. The Morgan fingerprint density at radius 2 is 1.68 bits per heavy atom. The molecular formula is C23H34N4O. The van der Waals surface area contributed by atoms with E-state index in [0.29, 0.717) is 12.3 Å². The molecule has 3 atom stereocenters. The molecule has 0 spiro atoms. The normalized spacial score (nSPS) is 37.1. The molecule has 0 saturated carbocycles.